The Morgan fingerprint density at radius 3 is 2.58 bits per heavy atom. The van der Waals surface area contributed by atoms with Crippen molar-refractivity contribution in [2.75, 3.05) is 0 Å². The standard InChI is InChI=1S/C25H20N4O2/c30-24(20-12-13-21-22(15-20)27-23-7-4-14-29(23)25(21)31)28-26-16-17-8-10-19(11-9-17)18-5-2-1-3-6-18/h1-3,5-6,8-13,15-16H,4,7,14H2,(H,28,30)/b26-16-. The molecule has 1 aliphatic heterocycles. The second-order valence-electron chi connectivity index (χ2n) is 7.51. The van der Waals surface area contributed by atoms with Gasteiger partial charge in [0.05, 0.1) is 17.1 Å². The molecule has 31 heavy (non-hydrogen) atoms. The largest absolute Gasteiger partial charge is 0.296 e. The molecule has 152 valence electrons. The highest BCUT2D eigenvalue weighted by atomic mass is 16.2. The van der Waals surface area contributed by atoms with Crippen LogP contribution in [0.4, 0.5) is 0 Å². The molecular formula is C25H20N4O2. The van der Waals surface area contributed by atoms with E-state index in [-0.39, 0.29) is 11.5 Å². The van der Waals surface area contributed by atoms with Crippen molar-refractivity contribution >= 4 is 23.0 Å². The lowest BCUT2D eigenvalue weighted by atomic mass is 10.0. The number of hydrazone groups is 1. The summed E-state index contributed by atoms with van der Waals surface area (Å²) in [5, 5.41) is 4.60. The maximum absolute atomic E-state index is 12.5. The molecule has 1 N–H and O–H groups in total. The Bertz CT molecular complexity index is 1360. The van der Waals surface area contributed by atoms with Crippen molar-refractivity contribution < 1.29 is 4.79 Å². The van der Waals surface area contributed by atoms with Crippen molar-refractivity contribution in [1.29, 1.82) is 0 Å². The van der Waals surface area contributed by atoms with Gasteiger partial charge in [-0.25, -0.2) is 10.4 Å². The average molecular weight is 408 g/mol. The van der Waals surface area contributed by atoms with Crippen molar-refractivity contribution in [1.82, 2.24) is 15.0 Å². The number of fused-ring (bicyclic) bond motifs is 2. The summed E-state index contributed by atoms with van der Waals surface area (Å²) in [5.74, 6) is 0.438. The highest BCUT2D eigenvalue weighted by Crippen LogP contribution is 2.19. The molecule has 0 fully saturated rings. The first kappa shape index (κ1) is 18.9. The third-order valence-corrected chi connectivity index (χ3v) is 5.48. The van der Waals surface area contributed by atoms with Gasteiger partial charge in [0.1, 0.15) is 5.82 Å². The number of aromatic nitrogens is 2. The molecule has 0 unspecified atom stereocenters. The van der Waals surface area contributed by atoms with Gasteiger partial charge in [0.2, 0.25) is 0 Å². The minimum Gasteiger partial charge on any atom is -0.296 e. The van der Waals surface area contributed by atoms with Gasteiger partial charge < -0.3 is 0 Å². The smallest absolute Gasteiger partial charge is 0.271 e. The Balaban J connectivity index is 1.30. The van der Waals surface area contributed by atoms with Gasteiger partial charge >= 0.3 is 0 Å². The maximum Gasteiger partial charge on any atom is 0.271 e. The van der Waals surface area contributed by atoms with E-state index in [0.717, 1.165) is 35.4 Å². The van der Waals surface area contributed by atoms with Crippen LogP contribution in [0, 0.1) is 0 Å². The predicted octanol–water partition coefficient (Wildman–Crippen LogP) is 3.77. The van der Waals surface area contributed by atoms with Gasteiger partial charge in [-0.05, 0) is 41.3 Å². The molecule has 0 bridgehead atoms. The molecule has 0 radical (unpaired) electrons. The van der Waals surface area contributed by atoms with Crippen molar-refractivity contribution in [2.24, 2.45) is 5.10 Å². The van der Waals surface area contributed by atoms with E-state index in [1.54, 1.807) is 29.0 Å². The van der Waals surface area contributed by atoms with Gasteiger partial charge in [0.25, 0.3) is 11.5 Å². The average Bonchev–Trinajstić information content (AvgIpc) is 3.29. The normalized spacial score (nSPS) is 12.9. The number of nitrogens with one attached hydrogen (secondary N) is 1. The zero-order valence-corrected chi connectivity index (χ0v) is 16.8. The molecule has 4 aromatic rings. The Labute approximate surface area is 178 Å². The number of benzene rings is 3. The first-order valence-electron chi connectivity index (χ1n) is 10.2. The van der Waals surface area contributed by atoms with Crippen LogP contribution in [-0.4, -0.2) is 21.7 Å². The zero-order chi connectivity index (χ0) is 21.2. The topological polar surface area (TPSA) is 76.3 Å². The van der Waals surface area contributed by atoms with Crippen LogP contribution < -0.4 is 11.0 Å². The zero-order valence-electron chi connectivity index (χ0n) is 16.8. The Morgan fingerprint density at radius 1 is 1.00 bits per heavy atom. The van der Waals surface area contributed by atoms with Gasteiger partial charge in [-0.1, -0.05) is 54.6 Å². The fourth-order valence-corrected chi connectivity index (χ4v) is 3.85. The molecule has 0 atom stereocenters. The monoisotopic (exact) mass is 408 g/mol. The first-order valence-corrected chi connectivity index (χ1v) is 10.2. The van der Waals surface area contributed by atoms with E-state index in [2.05, 4.69) is 27.6 Å². The van der Waals surface area contributed by atoms with E-state index in [1.807, 2.05) is 42.5 Å². The molecule has 0 spiro atoms. The minimum atomic E-state index is -0.346. The third kappa shape index (κ3) is 3.75. The minimum absolute atomic E-state index is 0.0403. The fraction of sp³-hybridized carbons (Fsp3) is 0.120. The van der Waals surface area contributed by atoms with Gasteiger partial charge in [-0.2, -0.15) is 5.10 Å². The second-order valence-corrected chi connectivity index (χ2v) is 7.51. The lowest BCUT2D eigenvalue weighted by molar-refractivity contribution is 0.0955. The van der Waals surface area contributed by atoms with Crippen molar-refractivity contribution in [3.8, 4) is 11.1 Å². The van der Waals surface area contributed by atoms with E-state index in [4.69, 9.17) is 0 Å². The first-order chi connectivity index (χ1) is 15.2. The SMILES string of the molecule is O=C(N/N=C\c1ccc(-c2ccccc2)cc1)c1ccc2c(=O)n3c(nc2c1)CCC3. The molecular weight excluding hydrogens is 388 g/mol. The molecule has 1 aromatic heterocycles. The number of hydrogen-bond donors (Lipinski definition) is 1. The highest BCUT2D eigenvalue weighted by Gasteiger charge is 2.17. The molecule has 0 aliphatic carbocycles. The van der Waals surface area contributed by atoms with Gasteiger partial charge in [-0.15, -0.1) is 0 Å². The van der Waals surface area contributed by atoms with Gasteiger partial charge in [0, 0.05) is 18.5 Å². The summed E-state index contributed by atoms with van der Waals surface area (Å²) < 4.78 is 1.72. The molecule has 0 saturated carbocycles. The Hall–Kier alpha value is -4.06. The summed E-state index contributed by atoms with van der Waals surface area (Å²) in [6.45, 7) is 0.709. The summed E-state index contributed by atoms with van der Waals surface area (Å²) in [5.41, 5.74) is 6.61. The van der Waals surface area contributed by atoms with Crippen LogP contribution in [0.25, 0.3) is 22.0 Å². The summed E-state index contributed by atoms with van der Waals surface area (Å²) in [4.78, 5) is 29.6. The molecule has 5 rings (SSSR count). The second kappa shape index (κ2) is 7.99. The summed E-state index contributed by atoms with van der Waals surface area (Å²) in [6.07, 6.45) is 3.31. The van der Waals surface area contributed by atoms with Crippen molar-refractivity contribution in [3.63, 3.8) is 0 Å². The van der Waals surface area contributed by atoms with Crippen LogP contribution >= 0.6 is 0 Å². The lowest BCUT2D eigenvalue weighted by Crippen LogP contribution is -2.22. The number of amides is 1. The van der Waals surface area contributed by atoms with Crippen LogP contribution in [0.2, 0.25) is 0 Å². The van der Waals surface area contributed by atoms with E-state index >= 15 is 0 Å². The summed E-state index contributed by atoms with van der Waals surface area (Å²) in [7, 11) is 0. The van der Waals surface area contributed by atoms with E-state index in [9.17, 15) is 9.59 Å². The highest BCUT2D eigenvalue weighted by molar-refractivity contribution is 5.98. The summed E-state index contributed by atoms with van der Waals surface area (Å²) >= 11 is 0. The van der Waals surface area contributed by atoms with E-state index in [0.29, 0.717) is 23.0 Å². The molecule has 1 amide bonds. The summed E-state index contributed by atoms with van der Waals surface area (Å²) in [6, 6.07) is 23.0. The van der Waals surface area contributed by atoms with Crippen LogP contribution in [0.5, 0.6) is 0 Å². The van der Waals surface area contributed by atoms with Gasteiger partial charge in [0.15, 0.2) is 0 Å². The molecule has 3 aromatic carbocycles. The van der Waals surface area contributed by atoms with E-state index < -0.39 is 0 Å². The fourth-order valence-electron chi connectivity index (χ4n) is 3.85. The number of nitrogens with zero attached hydrogens (tertiary/aromatic N) is 3. The number of carbonyl (C=O) groups excluding carboxylic acids is 1. The van der Waals surface area contributed by atoms with Crippen molar-refractivity contribution in [3.05, 3.63) is 100 Å². The quantitative estimate of drug-likeness (QED) is 0.412. The van der Waals surface area contributed by atoms with Crippen LogP contribution in [0.3, 0.4) is 0 Å². The third-order valence-electron chi connectivity index (χ3n) is 5.48. The Kier molecular flexibility index (Phi) is 4.88. The molecule has 1 aliphatic rings. The van der Waals surface area contributed by atoms with Gasteiger partial charge in [-0.3, -0.25) is 14.2 Å². The van der Waals surface area contributed by atoms with Crippen LogP contribution in [-0.2, 0) is 13.0 Å². The maximum atomic E-state index is 12.5. The lowest BCUT2D eigenvalue weighted by Gasteiger charge is -2.06. The Morgan fingerprint density at radius 2 is 1.77 bits per heavy atom. The van der Waals surface area contributed by atoms with Crippen LogP contribution in [0.1, 0.15) is 28.2 Å². The molecule has 2 heterocycles. The molecule has 6 heteroatoms. The number of rotatable bonds is 4. The molecule has 6 nitrogen and oxygen atoms in total. The number of carbonyl (C=O) groups is 1. The number of aryl methyl sites for hydroxylation is 1. The van der Waals surface area contributed by atoms with Crippen molar-refractivity contribution in [2.45, 2.75) is 19.4 Å². The molecule has 0 saturated heterocycles. The van der Waals surface area contributed by atoms with Crippen LogP contribution in [0.15, 0.2) is 82.7 Å². The number of hydrogen-bond acceptors (Lipinski definition) is 4. The van der Waals surface area contributed by atoms with E-state index in [1.165, 1.54) is 0 Å². The predicted molar refractivity (Wildman–Crippen MR) is 121 cm³/mol.